The highest BCUT2D eigenvalue weighted by atomic mass is 16.2. The first-order valence-corrected chi connectivity index (χ1v) is 6.02. The van der Waals surface area contributed by atoms with E-state index in [-0.39, 0.29) is 11.8 Å². The van der Waals surface area contributed by atoms with Crippen LogP contribution in [0.3, 0.4) is 0 Å². The van der Waals surface area contributed by atoms with E-state index in [1.54, 1.807) is 17.7 Å². The molecule has 2 aromatic rings. The number of carbonyl (C=O) groups is 2. The summed E-state index contributed by atoms with van der Waals surface area (Å²) >= 11 is 0. The highest BCUT2D eigenvalue weighted by Gasteiger charge is 2.40. The van der Waals surface area contributed by atoms with E-state index < -0.39 is 5.54 Å². The molecule has 1 aliphatic heterocycles. The molecule has 1 unspecified atom stereocenters. The summed E-state index contributed by atoms with van der Waals surface area (Å²) in [6.07, 6.45) is 2.74. The monoisotopic (exact) mass is 242 g/mol. The fourth-order valence-corrected chi connectivity index (χ4v) is 2.48. The normalized spacial score (nSPS) is 23.3. The number of nitrogens with one attached hydrogen (secondary N) is 1. The van der Waals surface area contributed by atoms with Gasteiger partial charge in [0.1, 0.15) is 5.54 Å². The molecule has 18 heavy (non-hydrogen) atoms. The minimum absolute atomic E-state index is 0.0534. The number of para-hydroxylation sites is 1. The van der Waals surface area contributed by atoms with Crippen molar-refractivity contribution in [3.05, 3.63) is 36.5 Å². The number of aromatic nitrogens is 1. The summed E-state index contributed by atoms with van der Waals surface area (Å²) in [5.74, 6) is -0.128. The van der Waals surface area contributed by atoms with Gasteiger partial charge in [0.25, 0.3) is 5.91 Å². The van der Waals surface area contributed by atoms with Crippen LogP contribution in [0.15, 0.2) is 36.5 Å². The lowest BCUT2D eigenvalue weighted by molar-refractivity contribution is -0.119. The number of rotatable bonds is 1. The second-order valence-corrected chi connectivity index (χ2v) is 4.93. The highest BCUT2D eigenvalue weighted by Crippen LogP contribution is 2.24. The zero-order valence-corrected chi connectivity index (χ0v) is 10.1. The lowest BCUT2D eigenvalue weighted by Crippen LogP contribution is -2.48. The SMILES string of the molecule is CC1(C(=O)n2ccc3ccccc32)CCC(=O)N1. The third-order valence-electron chi connectivity index (χ3n) is 3.56. The van der Waals surface area contributed by atoms with Crippen molar-refractivity contribution in [2.45, 2.75) is 25.3 Å². The Hall–Kier alpha value is -2.10. The minimum Gasteiger partial charge on any atom is -0.342 e. The Kier molecular flexibility index (Phi) is 2.26. The van der Waals surface area contributed by atoms with Gasteiger partial charge in [0.15, 0.2) is 0 Å². The number of amides is 1. The molecule has 1 aromatic heterocycles. The number of hydrogen-bond acceptors (Lipinski definition) is 2. The first kappa shape index (κ1) is 11.0. The molecule has 0 aliphatic carbocycles. The molecule has 0 radical (unpaired) electrons. The molecule has 1 aliphatic rings. The van der Waals surface area contributed by atoms with Crippen LogP contribution in [0.1, 0.15) is 24.6 Å². The molecule has 2 heterocycles. The summed E-state index contributed by atoms with van der Waals surface area (Å²) in [6.45, 7) is 1.79. The number of fused-ring (bicyclic) bond motifs is 1. The lowest BCUT2D eigenvalue weighted by Gasteiger charge is -2.22. The van der Waals surface area contributed by atoms with E-state index in [9.17, 15) is 9.59 Å². The Morgan fingerprint density at radius 1 is 1.33 bits per heavy atom. The third kappa shape index (κ3) is 1.53. The molecule has 1 saturated heterocycles. The van der Waals surface area contributed by atoms with E-state index in [4.69, 9.17) is 0 Å². The quantitative estimate of drug-likeness (QED) is 0.831. The number of hydrogen-bond donors (Lipinski definition) is 1. The van der Waals surface area contributed by atoms with Crippen LogP contribution >= 0.6 is 0 Å². The van der Waals surface area contributed by atoms with E-state index >= 15 is 0 Å². The van der Waals surface area contributed by atoms with Crippen LogP contribution in [0.25, 0.3) is 10.9 Å². The van der Waals surface area contributed by atoms with Gasteiger partial charge >= 0.3 is 0 Å². The topological polar surface area (TPSA) is 51.1 Å². The number of carbonyl (C=O) groups excluding carboxylic acids is 2. The summed E-state index contributed by atoms with van der Waals surface area (Å²) in [6, 6.07) is 9.63. The van der Waals surface area contributed by atoms with Gasteiger partial charge in [-0.15, -0.1) is 0 Å². The van der Waals surface area contributed by atoms with Crippen molar-refractivity contribution >= 4 is 22.7 Å². The summed E-state index contributed by atoms with van der Waals surface area (Å²) in [5.41, 5.74) is 0.101. The molecule has 92 valence electrons. The van der Waals surface area contributed by atoms with E-state index in [0.717, 1.165) is 10.9 Å². The zero-order valence-electron chi connectivity index (χ0n) is 10.1. The average Bonchev–Trinajstić information content (AvgIpc) is 2.93. The maximum absolute atomic E-state index is 12.5. The molecule has 0 saturated carbocycles. The van der Waals surface area contributed by atoms with E-state index in [0.29, 0.717) is 12.8 Å². The Morgan fingerprint density at radius 2 is 2.11 bits per heavy atom. The van der Waals surface area contributed by atoms with Crippen LogP contribution in [0, 0.1) is 0 Å². The largest absolute Gasteiger partial charge is 0.342 e. The fourth-order valence-electron chi connectivity index (χ4n) is 2.48. The second-order valence-electron chi connectivity index (χ2n) is 4.93. The van der Waals surface area contributed by atoms with E-state index in [2.05, 4.69) is 5.32 Å². The van der Waals surface area contributed by atoms with E-state index in [1.807, 2.05) is 30.3 Å². The zero-order chi connectivity index (χ0) is 12.8. The van der Waals surface area contributed by atoms with Crippen LogP contribution in [-0.2, 0) is 4.79 Å². The van der Waals surface area contributed by atoms with Crippen LogP contribution in [0.4, 0.5) is 0 Å². The molecule has 3 rings (SSSR count). The second kappa shape index (κ2) is 3.70. The molecule has 0 bridgehead atoms. The molecular weight excluding hydrogens is 228 g/mol. The van der Waals surface area contributed by atoms with Gasteiger partial charge in [0.2, 0.25) is 5.91 Å². The van der Waals surface area contributed by atoms with Crippen molar-refractivity contribution in [3.63, 3.8) is 0 Å². The first-order chi connectivity index (χ1) is 8.60. The highest BCUT2D eigenvalue weighted by molar-refractivity contribution is 6.00. The molecule has 1 N–H and O–H groups in total. The lowest BCUT2D eigenvalue weighted by atomic mass is 9.99. The van der Waals surface area contributed by atoms with Gasteiger partial charge in [-0.25, -0.2) is 0 Å². The van der Waals surface area contributed by atoms with Gasteiger partial charge in [-0.1, -0.05) is 18.2 Å². The predicted molar refractivity (Wildman–Crippen MR) is 68.3 cm³/mol. The van der Waals surface area contributed by atoms with Crippen molar-refractivity contribution in [1.82, 2.24) is 9.88 Å². The number of nitrogens with zero attached hydrogens (tertiary/aromatic N) is 1. The molecule has 0 spiro atoms. The summed E-state index contributed by atoms with van der Waals surface area (Å²) in [7, 11) is 0. The van der Waals surface area contributed by atoms with Gasteiger partial charge in [0, 0.05) is 18.0 Å². The van der Waals surface area contributed by atoms with Gasteiger partial charge in [-0.3, -0.25) is 14.2 Å². The molecule has 1 amide bonds. The maximum Gasteiger partial charge on any atom is 0.256 e. The molecule has 1 aromatic carbocycles. The van der Waals surface area contributed by atoms with Crippen LogP contribution in [0.5, 0.6) is 0 Å². The molecule has 4 nitrogen and oxygen atoms in total. The minimum atomic E-state index is -0.779. The Labute approximate surface area is 105 Å². The van der Waals surface area contributed by atoms with E-state index in [1.165, 1.54) is 0 Å². The van der Waals surface area contributed by atoms with Crippen molar-refractivity contribution in [1.29, 1.82) is 0 Å². The first-order valence-electron chi connectivity index (χ1n) is 6.02. The Bertz CT molecular complexity index is 644. The average molecular weight is 242 g/mol. The summed E-state index contributed by atoms with van der Waals surface area (Å²) < 4.78 is 1.63. The molecule has 1 fully saturated rings. The van der Waals surface area contributed by atoms with Crippen LogP contribution < -0.4 is 5.32 Å². The standard InChI is InChI=1S/C14H14N2O2/c1-14(8-6-12(17)15-14)13(18)16-9-7-10-4-2-3-5-11(10)16/h2-5,7,9H,6,8H2,1H3,(H,15,17). The van der Waals surface area contributed by atoms with Gasteiger partial charge in [0.05, 0.1) is 5.52 Å². The van der Waals surface area contributed by atoms with Crippen molar-refractivity contribution in [2.75, 3.05) is 0 Å². The third-order valence-corrected chi connectivity index (χ3v) is 3.56. The maximum atomic E-state index is 12.5. The Morgan fingerprint density at radius 3 is 2.83 bits per heavy atom. The summed E-state index contributed by atoms with van der Waals surface area (Å²) in [4.78, 5) is 23.9. The van der Waals surface area contributed by atoms with Gasteiger partial charge in [-0.2, -0.15) is 0 Å². The van der Waals surface area contributed by atoms with Gasteiger partial charge < -0.3 is 5.32 Å². The molecular formula is C14H14N2O2. The van der Waals surface area contributed by atoms with Crippen molar-refractivity contribution in [2.24, 2.45) is 0 Å². The van der Waals surface area contributed by atoms with Crippen LogP contribution in [0.2, 0.25) is 0 Å². The summed E-state index contributed by atoms with van der Waals surface area (Å²) in [5, 5.41) is 3.80. The molecule has 4 heteroatoms. The smallest absolute Gasteiger partial charge is 0.256 e. The van der Waals surface area contributed by atoms with Crippen molar-refractivity contribution < 1.29 is 9.59 Å². The predicted octanol–water partition coefficient (Wildman–Crippen LogP) is 1.95. The molecule has 1 atom stereocenters. The fraction of sp³-hybridized carbons (Fsp3) is 0.286. The Balaban J connectivity index is 2.05. The van der Waals surface area contributed by atoms with Gasteiger partial charge in [-0.05, 0) is 25.5 Å². The van der Waals surface area contributed by atoms with Crippen molar-refractivity contribution in [3.8, 4) is 0 Å². The number of benzene rings is 1. The van der Waals surface area contributed by atoms with Crippen LogP contribution in [-0.4, -0.2) is 21.9 Å².